The van der Waals surface area contributed by atoms with Gasteiger partial charge in [0.25, 0.3) is 11.1 Å². The number of nitrogens with zero attached hydrogens (tertiary/aromatic N) is 6. The van der Waals surface area contributed by atoms with Crippen LogP contribution >= 0.6 is 79.4 Å². The van der Waals surface area contributed by atoms with E-state index in [9.17, 15) is 30.6 Å². The van der Waals surface area contributed by atoms with Gasteiger partial charge in [-0.1, -0.05) is 156 Å². The zero-order chi connectivity index (χ0) is 60.5. The van der Waals surface area contributed by atoms with Gasteiger partial charge in [-0.3, -0.25) is 18.7 Å². The second kappa shape index (κ2) is 35.6. The lowest BCUT2D eigenvalue weighted by atomic mass is 10.0. The third kappa shape index (κ3) is 18.2. The summed E-state index contributed by atoms with van der Waals surface area (Å²) < 4.78 is 5.04. The molecular weight excluding hydrogens is 1180 g/mol. The van der Waals surface area contributed by atoms with E-state index in [4.69, 9.17) is 0 Å². The molecule has 0 aromatic carbocycles. The first kappa shape index (κ1) is 67.3. The quantitative estimate of drug-likeness (QED) is 0.0358. The largest absolute Gasteiger partial charge is 0.298 e. The summed E-state index contributed by atoms with van der Waals surface area (Å²) in [5, 5.41) is 39.1. The smallest absolute Gasteiger partial charge is 0.269 e. The second-order valence-corrected chi connectivity index (χ2v) is 29.7. The van der Waals surface area contributed by atoms with Gasteiger partial charge in [0.1, 0.15) is 33.6 Å². The van der Waals surface area contributed by atoms with E-state index in [1.165, 1.54) is 212 Å². The Morgan fingerprint density at radius 2 is 0.671 bits per heavy atom. The fraction of sp³-hybridized carbons (Fsp3) is 0.514. The molecule has 0 atom stereocenters. The molecular formula is C70H86N6O2S7. The highest BCUT2D eigenvalue weighted by Gasteiger charge is 2.23. The standard InChI is InChI=1S/C70H86N6O2S7/c1-7-13-17-21-25-29-33-49-39-55(43-61-67(77)75(11-5)69(84-61)53(45-71)46-72)79-65(49)59-41-51(35-31-27-23-19-15-9-3)63(82-59)57-37-38-58(81-57)64-52(36-32-28-24-20-16-10-4)42-60(83-64)66-50(34-30-26-22-18-14-8-2)40-56(80-66)44-62-68(78)76(12-6)70(85-62)54(47-73)48-74/h37-44H,7-36H2,1-6H3/b61-43-,62-44-. The fourth-order valence-corrected chi connectivity index (χ4v) is 19.8. The highest BCUT2D eigenvalue weighted by atomic mass is 32.1. The van der Waals surface area contributed by atoms with E-state index in [1.54, 1.807) is 31.8 Å². The van der Waals surface area contributed by atoms with Crippen LogP contribution < -0.4 is 29.5 Å². The Balaban J connectivity index is 1.33. The summed E-state index contributed by atoms with van der Waals surface area (Å²) in [7, 11) is 0. The van der Waals surface area contributed by atoms with Crippen molar-refractivity contribution in [2.75, 3.05) is 0 Å². The Morgan fingerprint density at radius 3 is 0.976 bits per heavy atom. The molecule has 0 aliphatic carbocycles. The van der Waals surface area contributed by atoms with E-state index < -0.39 is 0 Å². The molecule has 0 spiro atoms. The summed E-state index contributed by atoms with van der Waals surface area (Å²) in [5.74, 6) is 0. The Bertz CT molecular complexity index is 3570. The number of thiazole rings is 2. The first-order valence-electron chi connectivity index (χ1n) is 31.7. The van der Waals surface area contributed by atoms with Crippen molar-refractivity contribution >= 4 is 103 Å². The summed E-state index contributed by atoms with van der Waals surface area (Å²) in [6, 6.07) is 22.4. The van der Waals surface area contributed by atoms with Crippen LogP contribution in [0.25, 0.3) is 62.3 Å². The minimum Gasteiger partial charge on any atom is -0.298 e. The van der Waals surface area contributed by atoms with Crippen LogP contribution in [-0.2, 0) is 38.8 Å². The van der Waals surface area contributed by atoms with Crippen molar-refractivity contribution in [2.45, 2.75) is 234 Å². The maximum Gasteiger partial charge on any atom is 0.269 e. The molecule has 8 nitrogen and oxygen atoms in total. The third-order valence-electron chi connectivity index (χ3n) is 15.8. The Labute approximate surface area is 533 Å². The van der Waals surface area contributed by atoms with Crippen molar-refractivity contribution in [3.05, 3.63) is 108 Å². The van der Waals surface area contributed by atoms with E-state index >= 15 is 0 Å². The first-order chi connectivity index (χ1) is 41.6. The molecule has 0 radical (unpaired) electrons. The molecule has 0 aliphatic heterocycles. The summed E-state index contributed by atoms with van der Waals surface area (Å²) in [4.78, 5) is 40.1. The van der Waals surface area contributed by atoms with Crippen molar-refractivity contribution in [1.29, 1.82) is 21.0 Å². The van der Waals surface area contributed by atoms with Crippen molar-refractivity contribution in [2.24, 2.45) is 0 Å². The van der Waals surface area contributed by atoms with Crippen LogP contribution in [0.2, 0.25) is 0 Å². The number of aromatic nitrogens is 2. The third-order valence-corrected chi connectivity index (χ3v) is 24.5. The molecule has 7 aromatic rings. The van der Waals surface area contributed by atoms with E-state index in [0.29, 0.717) is 31.5 Å². The van der Waals surface area contributed by atoms with Crippen LogP contribution in [0, 0.1) is 45.3 Å². The number of hydrogen-bond acceptors (Lipinski definition) is 13. The molecule has 7 rings (SSSR count). The summed E-state index contributed by atoms with van der Waals surface area (Å²) in [5.41, 5.74) is 5.10. The Kier molecular flexibility index (Phi) is 28.2. The van der Waals surface area contributed by atoms with Crippen LogP contribution in [-0.4, -0.2) is 9.13 Å². The van der Waals surface area contributed by atoms with Crippen molar-refractivity contribution < 1.29 is 0 Å². The molecule has 7 heterocycles. The van der Waals surface area contributed by atoms with Gasteiger partial charge in [-0.05, 0) is 136 Å². The van der Waals surface area contributed by atoms with E-state index in [0.717, 1.165) is 61.1 Å². The Hall–Kier alpha value is -5.20. The van der Waals surface area contributed by atoms with Gasteiger partial charge in [-0.15, -0.1) is 79.4 Å². The molecule has 0 bridgehead atoms. The number of nitriles is 4. The van der Waals surface area contributed by atoms with Crippen molar-refractivity contribution in [3.63, 3.8) is 0 Å². The van der Waals surface area contributed by atoms with E-state index in [-0.39, 0.29) is 22.3 Å². The average molecular weight is 1270 g/mol. The van der Waals surface area contributed by atoms with E-state index in [1.807, 2.05) is 84.3 Å². The molecule has 0 unspecified atom stereocenters. The van der Waals surface area contributed by atoms with Crippen LogP contribution in [0.1, 0.15) is 228 Å². The van der Waals surface area contributed by atoms with Gasteiger partial charge in [0.15, 0.2) is 11.1 Å². The molecule has 0 amide bonds. The maximum atomic E-state index is 13.8. The lowest BCUT2D eigenvalue weighted by molar-refractivity contribution is 0.608. The lowest BCUT2D eigenvalue weighted by Crippen LogP contribution is -2.31. The molecule has 15 heteroatoms. The summed E-state index contributed by atoms with van der Waals surface area (Å²) in [6.07, 6.45) is 37.3. The van der Waals surface area contributed by atoms with Gasteiger partial charge in [0.05, 0.1) is 9.06 Å². The van der Waals surface area contributed by atoms with Crippen molar-refractivity contribution in [1.82, 2.24) is 9.13 Å². The average Bonchev–Trinajstić information content (AvgIpc) is 2.50. The molecule has 7 aromatic heterocycles. The molecule has 0 saturated carbocycles. The number of rotatable bonds is 36. The number of unbranched alkanes of at least 4 members (excludes halogenated alkanes) is 20. The van der Waals surface area contributed by atoms with Gasteiger partial charge in [0, 0.05) is 61.9 Å². The normalized spacial score (nSPS) is 11.8. The SMILES string of the molecule is CCCCCCCCc1cc(/C=c2\sc(=C(C#N)C#N)n(CC)c2=O)sc1-c1cc(CCCCCCCC)c(-c2ccc(-c3sc(-c4sc(/C=c5\sc(=C(C#N)C#N)n(CC)c5=O)cc4CCCCCCCC)cc3CCCCCCCC)s2)s1. The maximum absolute atomic E-state index is 13.8. The van der Waals surface area contributed by atoms with Gasteiger partial charge >= 0.3 is 0 Å². The minimum atomic E-state index is -0.160. The first-order valence-corrected chi connectivity index (χ1v) is 37.4. The van der Waals surface area contributed by atoms with Crippen LogP contribution in [0.15, 0.2) is 46.0 Å². The predicted octanol–water partition coefficient (Wildman–Crippen LogP) is 18.8. The predicted molar refractivity (Wildman–Crippen MR) is 369 cm³/mol. The second-order valence-electron chi connectivity index (χ2n) is 22.3. The monoisotopic (exact) mass is 1270 g/mol. The zero-order valence-electron chi connectivity index (χ0n) is 51.2. The van der Waals surface area contributed by atoms with Gasteiger partial charge < -0.3 is 0 Å². The molecule has 450 valence electrons. The molecule has 0 aliphatic rings. The highest BCUT2D eigenvalue weighted by Crippen LogP contribution is 2.50. The Morgan fingerprint density at radius 1 is 0.376 bits per heavy atom. The molecule has 0 N–H and O–H groups in total. The topological polar surface area (TPSA) is 139 Å². The van der Waals surface area contributed by atoms with Crippen LogP contribution in [0.4, 0.5) is 0 Å². The van der Waals surface area contributed by atoms with Gasteiger partial charge in [0.2, 0.25) is 0 Å². The lowest BCUT2D eigenvalue weighted by Gasteiger charge is -2.04. The highest BCUT2D eigenvalue weighted by molar-refractivity contribution is 7.30. The van der Waals surface area contributed by atoms with E-state index in [2.05, 4.69) is 64.1 Å². The molecule has 0 fully saturated rings. The number of hydrogen-bond donors (Lipinski definition) is 0. The number of thiophene rings is 5. The molecule has 85 heavy (non-hydrogen) atoms. The van der Waals surface area contributed by atoms with Crippen LogP contribution in [0.5, 0.6) is 0 Å². The number of aryl methyl sites for hydroxylation is 4. The minimum absolute atomic E-state index is 0.0302. The van der Waals surface area contributed by atoms with Crippen molar-refractivity contribution in [3.8, 4) is 63.3 Å². The van der Waals surface area contributed by atoms with Crippen LogP contribution in [0.3, 0.4) is 0 Å². The molecule has 0 saturated heterocycles. The van der Waals surface area contributed by atoms with Gasteiger partial charge in [-0.2, -0.15) is 21.0 Å². The zero-order valence-corrected chi connectivity index (χ0v) is 56.9. The summed E-state index contributed by atoms with van der Waals surface area (Å²) in [6.45, 7) is 13.6. The summed E-state index contributed by atoms with van der Waals surface area (Å²) >= 11 is 11.8. The fourth-order valence-electron chi connectivity index (χ4n) is 11.2. The van der Waals surface area contributed by atoms with Gasteiger partial charge in [-0.25, -0.2) is 0 Å².